The van der Waals surface area contributed by atoms with E-state index >= 15 is 0 Å². The number of halogens is 1. The van der Waals surface area contributed by atoms with Crippen LogP contribution in [0.1, 0.15) is 22.3 Å². The van der Waals surface area contributed by atoms with E-state index in [1.54, 1.807) is 13.1 Å². The van der Waals surface area contributed by atoms with Crippen molar-refractivity contribution in [2.45, 2.75) is 13.3 Å². The van der Waals surface area contributed by atoms with Gasteiger partial charge in [0.25, 0.3) is 0 Å². The number of rotatable bonds is 5. The first-order valence-corrected chi connectivity index (χ1v) is 5.96. The molecule has 0 aliphatic carbocycles. The minimum absolute atomic E-state index is 0.0904. The normalized spacial score (nSPS) is 9.82. The summed E-state index contributed by atoms with van der Waals surface area (Å²) in [5.41, 5.74) is 1.34. The lowest BCUT2D eigenvalue weighted by atomic mass is 10.1. The van der Waals surface area contributed by atoms with E-state index in [1.165, 1.54) is 0 Å². The molecule has 0 saturated heterocycles. The zero-order valence-electron chi connectivity index (χ0n) is 9.75. The van der Waals surface area contributed by atoms with Crippen LogP contribution in [0, 0.1) is 6.92 Å². The molecular formula is C12H14BrNO3. The van der Waals surface area contributed by atoms with Gasteiger partial charge < -0.3 is 10.1 Å². The quantitative estimate of drug-likeness (QED) is 0.847. The molecule has 1 amide bonds. The molecule has 1 rings (SSSR count). The van der Waals surface area contributed by atoms with E-state index in [4.69, 9.17) is 4.74 Å². The van der Waals surface area contributed by atoms with E-state index in [2.05, 4.69) is 21.2 Å². The zero-order chi connectivity index (χ0) is 12.8. The lowest BCUT2D eigenvalue weighted by molar-refractivity contribution is -0.121. The summed E-state index contributed by atoms with van der Waals surface area (Å²) in [5.74, 6) is 0.444. The molecule has 0 fully saturated rings. The van der Waals surface area contributed by atoms with Crippen LogP contribution in [0.2, 0.25) is 0 Å². The minimum atomic E-state index is -0.0904. The van der Waals surface area contributed by atoms with Gasteiger partial charge in [0.2, 0.25) is 5.91 Å². The lowest BCUT2D eigenvalue weighted by Crippen LogP contribution is -2.20. The fourth-order valence-electron chi connectivity index (χ4n) is 1.41. The molecule has 4 nitrogen and oxygen atoms in total. The predicted octanol–water partition coefficient (Wildman–Crippen LogP) is 2.08. The molecule has 0 aromatic heterocycles. The lowest BCUT2D eigenvalue weighted by Gasteiger charge is -2.11. The Labute approximate surface area is 108 Å². The Morgan fingerprint density at radius 1 is 1.53 bits per heavy atom. The summed E-state index contributed by atoms with van der Waals surface area (Å²) in [5, 5.41) is 2.51. The molecule has 0 aliphatic heterocycles. The highest BCUT2D eigenvalue weighted by Crippen LogP contribution is 2.26. The number of nitrogens with one attached hydrogen (secondary N) is 1. The molecule has 0 saturated carbocycles. The largest absolute Gasteiger partial charge is 0.492 e. The minimum Gasteiger partial charge on any atom is -0.492 e. The van der Waals surface area contributed by atoms with Gasteiger partial charge in [-0.2, -0.15) is 0 Å². The first kappa shape index (κ1) is 13.7. The number of carbonyl (C=O) groups is 2. The Morgan fingerprint density at radius 3 is 2.82 bits per heavy atom. The first-order valence-electron chi connectivity index (χ1n) is 5.17. The second-order valence-electron chi connectivity index (χ2n) is 3.53. The average Bonchev–Trinajstić information content (AvgIpc) is 2.30. The standard InChI is InChI=1S/C12H14BrNO3/c1-8-5-10(13)6-9(7-15)12(8)17-4-3-11(16)14-2/h5-7H,3-4H2,1-2H3,(H,14,16). The molecule has 17 heavy (non-hydrogen) atoms. The number of hydrogen-bond donors (Lipinski definition) is 1. The Morgan fingerprint density at radius 2 is 2.24 bits per heavy atom. The van der Waals surface area contributed by atoms with Crippen LogP contribution in [-0.4, -0.2) is 25.8 Å². The van der Waals surface area contributed by atoms with E-state index in [1.807, 2.05) is 13.0 Å². The molecule has 0 spiro atoms. The Balaban J connectivity index is 2.76. The number of ether oxygens (including phenoxy) is 1. The van der Waals surface area contributed by atoms with Gasteiger partial charge in [-0.05, 0) is 24.6 Å². The molecule has 0 heterocycles. The Hall–Kier alpha value is -1.36. The van der Waals surface area contributed by atoms with Crippen molar-refractivity contribution in [2.24, 2.45) is 0 Å². The summed E-state index contributed by atoms with van der Waals surface area (Å²) < 4.78 is 6.30. The van der Waals surface area contributed by atoms with E-state index < -0.39 is 0 Å². The van der Waals surface area contributed by atoms with Crippen molar-refractivity contribution >= 4 is 28.1 Å². The van der Waals surface area contributed by atoms with Crippen LogP contribution in [-0.2, 0) is 4.79 Å². The predicted molar refractivity (Wildman–Crippen MR) is 68.4 cm³/mol. The molecule has 0 atom stereocenters. The van der Waals surface area contributed by atoms with Crippen LogP contribution < -0.4 is 10.1 Å². The monoisotopic (exact) mass is 299 g/mol. The van der Waals surface area contributed by atoms with Crippen LogP contribution in [0.25, 0.3) is 0 Å². The highest BCUT2D eigenvalue weighted by atomic mass is 79.9. The first-order chi connectivity index (χ1) is 8.08. The fourth-order valence-corrected chi connectivity index (χ4v) is 2.00. The molecule has 0 unspecified atom stereocenters. The third-order valence-electron chi connectivity index (χ3n) is 2.25. The van der Waals surface area contributed by atoms with Crippen molar-refractivity contribution in [3.05, 3.63) is 27.7 Å². The second kappa shape index (κ2) is 6.39. The highest BCUT2D eigenvalue weighted by molar-refractivity contribution is 9.10. The molecular weight excluding hydrogens is 286 g/mol. The van der Waals surface area contributed by atoms with Gasteiger partial charge in [-0.25, -0.2) is 0 Å². The molecule has 1 aromatic rings. The Kier molecular flexibility index (Phi) is 5.15. The molecule has 92 valence electrons. The molecule has 5 heteroatoms. The van der Waals surface area contributed by atoms with E-state index in [0.29, 0.717) is 11.3 Å². The average molecular weight is 300 g/mol. The van der Waals surface area contributed by atoms with Crippen LogP contribution in [0.4, 0.5) is 0 Å². The zero-order valence-corrected chi connectivity index (χ0v) is 11.3. The van der Waals surface area contributed by atoms with Crippen LogP contribution >= 0.6 is 15.9 Å². The van der Waals surface area contributed by atoms with Crippen molar-refractivity contribution in [3.63, 3.8) is 0 Å². The van der Waals surface area contributed by atoms with Crippen molar-refractivity contribution in [1.82, 2.24) is 5.32 Å². The SMILES string of the molecule is CNC(=O)CCOc1c(C)cc(Br)cc1C=O. The molecule has 0 aliphatic rings. The molecule has 1 N–H and O–H groups in total. The van der Waals surface area contributed by atoms with Crippen LogP contribution in [0.3, 0.4) is 0 Å². The van der Waals surface area contributed by atoms with E-state index in [-0.39, 0.29) is 18.9 Å². The van der Waals surface area contributed by atoms with Crippen molar-refractivity contribution in [3.8, 4) is 5.75 Å². The number of benzene rings is 1. The molecule has 1 aromatic carbocycles. The van der Waals surface area contributed by atoms with E-state index in [9.17, 15) is 9.59 Å². The maximum absolute atomic E-state index is 11.0. The van der Waals surface area contributed by atoms with Crippen molar-refractivity contribution in [2.75, 3.05) is 13.7 Å². The van der Waals surface area contributed by atoms with Crippen LogP contribution in [0.5, 0.6) is 5.75 Å². The fraction of sp³-hybridized carbons (Fsp3) is 0.333. The van der Waals surface area contributed by atoms with Gasteiger partial charge in [0, 0.05) is 11.5 Å². The number of amides is 1. The third kappa shape index (κ3) is 3.85. The maximum atomic E-state index is 11.0. The van der Waals surface area contributed by atoms with Crippen LogP contribution in [0.15, 0.2) is 16.6 Å². The highest BCUT2D eigenvalue weighted by Gasteiger charge is 2.09. The van der Waals surface area contributed by atoms with E-state index in [0.717, 1.165) is 16.3 Å². The summed E-state index contributed by atoms with van der Waals surface area (Å²) in [6, 6.07) is 3.55. The Bertz CT molecular complexity index is 432. The summed E-state index contributed by atoms with van der Waals surface area (Å²) >= 11 is 3.31. The molecule has 0 radical (unpaired) electrons. The summed E-state index contributed by atoms with van der Waals surface area (Å²) in [4.78, 5) is 21.9. The van der Waals surface area contributed by atoms with Gasteiger partial charge >= 0.3 is 0 Å². The summed E-state index contributed by atoms with van der Waals surface area (Å²) in [6.45, 7) is 2.11. The van der Waals surface area contributed by atoms with Gasteiger partial charge in [-0.1, -0.05) is 15.9 Å². The number of aryl methyl sites for hydroxylation is 1. The van der Waals surface area contributed by atoms with Gasteiger partial charge in [0.1, 0.15) is 5.75 Å². The number of carbonyl (C=O) groups excluding carboxylic acids is 2. The smallest absolute Gasteiger partial charge is 0.223 e. The van der Waals surface area contributed by atoms with Crippen molar-refractivity contribution in [1.29, 1.82) is 0 Å². The maximum Gasteiger partial charge on any atom is 0.223 e. The summed E-state index contributed by atoms with van der Waals surface area (Å²) in [6.07, 6.45) is 1.01. The van der Waals surface area contributed by atoms with Gasteiger partial charge in [-0.15, -0.1) is 0 Å². The van der Waals surface area contributed by atoms with Gasteiger partial charge in [-0.3, -0.25) is 9.59 Å². The van der Waals surface area contributed by atoms with Crippen molar-refractivity contribution < 1.29 is 14.3 Å². The van der Waals surface area contributed by atoms with Gasteiger partial charge in [0.05, 0.1) is 18.6 Å². The number of hydrogen-bond acceptors (Lipinski definition) is 3. The summed E-state index contributed by atoms with van der Waals surface area (Å²) in [7, 11) is 1.57. The third-order valence-corrected chi connectivity index (χ3v) is 2.71. The van der Waals surface area contributed by atoms with Gasteiger partial charge in [0.15, 0.2) is 6.29 Å². The second-order valence-corrected chi connectivity index (χ2v) is 4.45. The topological polar surface area (TPSA) is 55.4 Å². The molecule has 0 bridgehead atoms. The number of aldehydes is 1.